The van der Waals surface area contributed by atoms with Crippen LogP contribution >= 0.6 is 11.6 Å². The maximum atomic E-state index is 12.8. The normalized spacial score (nSPS) is 14.6. The predicted molar refractivity (Wildman–Crippen MR) is 102 cm³/mol. The van der Waals surface area contributed by atoms with Crippen molar-refractivity contribution in [1.29, 1.82) is 0 Å². The second kappa shape index (κ2) is 6.81. The molecule has 0 amide bonds. The lowest BCUT2D eigenvalue weighted by Gasteiger charge is -2.12. The first-order chi connectivity index (χ1) is 12.6. The second-order valence-corrected chi connectivity index (χ2v) is 6.64. The van der Waals surface area contributed by atoms with E-state index in [1.807, 2.05) is 42.5 Å². The zero-order valence-corrected chi connectivity index (χ0v) is 14.8. The van der Waals surface area contributed by atoms with Gasteiger partial charge in [-0.05, 0) is 48.3 Å². The van der Waals surface area contributed by atoms with Crippen molar-refractivity contribution >= 4 is 40.1 Å². The van der Waals surface area contributed by atoms with Gasteiger partial charge < -0.3 is 9.15 Å². The Kier molecular flexibility index (Phi) is 4.35. The van der Waals surface area contributed by atoms with E-state index in [4.69, 9.17) is 25.7 Å². The molecular weight excluding hydrogens is 350 g/mol. The lowest BCUT2D eigenvalue weighted by molar-refractivity contribution is 0.0547. The number of fused-ring (bicyclic) bond motifs is 2. The van der Waals surface area contributed by atoms with Crippen molar-refractivity contribution in [3.05, 3.63) is 76.9 Å². The standard InChI is InChI=1S/C21H16ClNO3/c1-13(22)12-26-21(24)19-16-6-2-3-7-18(16)23-20-14(8-9-17(19)20)11-15-5-4-10-25-15/h2-7,10-11H,1,8-9,12H2/b14-11+. The molecule has 0 fully saturated rings. The number of hydrogen-bond donors (Lipinski definition) is 0. The lowest BCUT2D eigenvalue weighted by Crippen LogP contribution is -2.11. The third-order valence-corrected chi connectivity index (χ3v) is 4.47. The van der Waals surface area contributed by atoms with Gasteiger partial charge in [0.25, 0.3) is 0 Å². The van der Waals surface area contributed by atoms with Gasteiger partial charge in [-0.25, -0.2) is 9.78 Å². The smallest absolute Gasteiger partial charge is 0.339 e. The van der Waals surface area contributed by atoms with E-state index < -0.39 is 5.97 Å². The lowest BCUT2D eigenvalue weighted by atomic mass is 10.0. The highest BCUT2D eigenvalue weighted by Gasteiger charge is 2.27. The molecule has 26 heavy (non-hydrogen) atoms. The van der Waals surface area contributed by atoms with Crippen LogP contribution in [0, 0.1) is 0 Å². The van der Waals surface area contributed by atoms with Crippen LogP contribution in [-0.4, -0.2) is 17.6 Å². The summed E-state index contributed by atoms with van der Waals surface area (Å²) in [6.45, 7) is 3.55. The summed E-state index contributed by atoms with van der Waals surface area (Å²) >= 11 is 5.74. The summed E-state index contributed by atoms with van der Waals surface area (Å²) in [6, 6.07) is 11.3. The summed E-state index contributed by atoms with van der Waals surface area (Å²) in [5.74, 6) is 0.367. The Bertz CT molecular complexity index is 1030. The van der Waals surface area contributed by atoms with E-state index >= 15 is 0 Å². The van der Waals surface area contributed by atoms with E-state index in [-0.39, 0.29) is 11.6 Å². The molecule has 0 bridgehead atoms. The Morgan fingerprint density at radius 3 is 2.88 bits per heavy atom. The van der Waals surface area contributed by atoms with Gasteiger partial charge in [-0.3, -0.25) is 0 Å². The summed E-state index contributed by atoms with van der Waals surface area (Å²) in [4.78, 5) is 17.6. The molecule has 2 aromatic heterocycles. The van der Waals surface area contributed by atoms with Crippen molar-refractivity contribution in [2.45, 2.75) is 12.8 Å². The summed E-state index contributed by atoms with van der Waals surface area (Å²) < 4.78 is 10.7. The maximum absolute atomic E-state index is 12.8. The highest BCUT2D eigenvalue weighted by molar-refractivity contribution is 6.29. The SMILES string of the molecule is C=C(Cl)COC(=O)c1c2c(nc3ccccc13)/C(=C/c1ccco1)CC2. The Hall–Kier alpha value is -2.85. The average molecular weight is 366 g/mol. The highest BCUT2D eigenvalue weighted by Crippen LogP contribution is 2.37. The van der Waals surface area contributed by atoms with Gasteiger partial charge in [-0.1, -0.05) is 36.4 Å². The van der Waals surface area contributed by atoms with Crippen molar-refractivity contribution in [2.24, 2.45) is 0 Å². The minimum atomic E-state index is -0.402. The van der Waals surface area contributed by atoms with E-state index in [9.17, 15) is 4.79 Å². The molecule has 3 aromatic rings. The molecule has 0 unspecified atom stereocenters. The molecule has 0 radical (unpaired) electrons. The molecule has 4 rings (SSSR count). The number of halogens is 1. The molecular formula is C21H16ClNO3. The first kappa shape index (κ1) is 16.6. The number of aromatic nitrogens is 1. The molecule has 1 aromatic carbocycles. The molecule has 2 heterocycles. The van der Waals surface area contributed by atoms with E-state index in [1.165, 1.54) is 0 Å². The topological polar surface area (TPSA) is 52.3 Å². The number of pyridine rings is 1. The molecule has 1 aliphatic carbocycles. The van der Waals surface area contributed by atoms with Gasteiger partial charge in [-0.2, -0.15) is 0 Å². The zero-order valence-electron chi connectivity index (χ0n) is 14.0. The van der Waals surface area contributed by atoms with E-state index in [0.29, 0.717) is 5.56 Å². The molecule has 0 N–H and O–H groups in total. The van der Waals surface area contributed by atoms with Crippen LogP contribution in [0.1, 0.15) is 33.8 Å². The highest BCUT2D eigenvalue weighted by atomic mass is 35.5. The van der Waals surface area contributed by atoms with Crippen molar-refractivity contribution in [1.82, 2.24) is 4.98 Å². The van der Waals surface area contributed by atoms with Gasteiger partial charge in [0.05, 0.1) is 23.0 Å². The number of para-hydroxylation sites is 1. The number of benzene rings is 1. The third kappa shape index (κ3) is 3.04. The van der Waals surface area contributed by atoms with Crippen LogP contribution in [0.4, 0.5) is 0 Å². The minimum absolute atomic E-state index is 0.0130. The molecule has 4 nitrogen and oxygen atoms in total. The number of hydrogen-bond acceptors (Lipinski definition) is 4. The number of allylic oxidation sites excluding steroid dienone is 1. The first-order valence-electron chi connectivity index (χ1n) is 8.30. The zero-order chi connectivity index (χ0) is 18.1. The summed E-state index contributed by atoms with van der Waals surface area (Å²) in [6.07, 6.45) is 5.13. The number of rotatable bonds is 4. The number of furan rings is 1. The summed E-state index contributed by atoms with van der Waals surface area (Å²) in [5.41, 5.74) is 4.11. The van der Waals surface area contributed by atoms with Gasteiger partial charge in [-0.15, -0.1) is 0 Å². The van der Waals surface area contributed by atoms with E-state index in [2.05, 4.69) is 6.58 Å². The number of carbonyl (C=O) groups excluding carboxylic acids is 1. The first-order valence-corrected chi connectivity index (χ1v) is 8.68. The largest absolute Gasteiger partial charge is 0.465 e. The van der Waals surface area contributed by atoms with Crippen molar-refractivity contribution in [3.63, 3.8) is 0 Å². The van der Waals surface area contributed by atoms with Gasteiger partial charge in [0, 0.05) is 10.4 Å². The van der Waals surface area contributed by atoms with Crippen LogP contribution in [0.15, 0.2) is 58.7 Å². The number of ether oxygens (including phenoxy) is 1. The van der Waals surface area contributed by atoms with Gasteiger partial charge >= 0.3 is 5.97 Å². The quantitative estimate of drug-likeness (QED) is 0.594. The maximum Gasteiger partial charge on any atom is 0.339 e. The Morgan fingerprint density at radius 2 is 2.12 bits per heavy atom. The summed E-state index contributed by atoms with van der Waals surface area (Å²) in [7, 11) is 0. The van der Waals surface area contributed by atoms with Gasteiger partial charge in [0.2, 0.25) is 0 Å². The van der Waals surface area contributed by atoms with E-state index in [1.54, 1.807) is 6.26 Å². The van der Waals surface area contributed by atoms with Crippen LogP contribution in [0.5, 0.6) is 0 Å². The minimum Gasteiger partial charge on any atom is -0.465 e. The van der Waals surface area contributed by atoms with E-state index in [0.717, 1.165) is 46.3 Å². The Balaban J connectivity index is 1.86. The molecule has 130 valence electrons. The molecule has 0 spiro atoms. The molecule has 0 saturated carbocycles. The fourth-order valence-electron chi connectivity index (χ4n) is 3.27. The average Bonchev–Trinajstić information content (AvgIpc) is 3.28. The summed E-state index contributed by atoms with van der Waals surface area (Å²) in [5, 5.41) is 1.07. The fraction of sp³-hybridized carbons (Fsp3) is 0.143. The number of esters is 1. The van der Waals surface area contributed by atoms with Crippen LogP contribution in [0.25, 0.3) is 22.6 Å². The van der Waals surface area contributed by atoms with Crippen molar-refractivity contribution < 1.29 is 13.9 Å². The Morgan fingerprint density at radius 1 is 1.27 bits per heavy atom. The Labute approximate surface area is 155 Å². The van der Waals surface area contributed by atoms with Gasteiger partial charge in [0.15, 0.2) is 0 Å². The third-order valence-electron chi connectivity index (χ3n) is 4.37. The van der Waals surface area contributed by atoms with Crippen LogP contribution in [0.2, 0.25) is 0 Å². The number of nitrogens with zero attached hydrogens (tertiary/aromatic N) is 1. The monoisotopic (exact) mass is 365 g/mol. The molecule has 1 aliphatic rings. The number of carbonyl (C=O) groups is 1. The molecule has 0 saturated heterocycles. The fourth-order valence-corrected chi connectivity index (χ4v) is 3.33. The molecule has 5 heteroatoms. The van der Waals surface area contributed by atoms with Crippen molar-refractivity contribution in [2.75, 3.05) is 6.61 Å². The van der Waals surface area contributed by atoms with Crippen molar-refractivity contribution in [3.8, 4) is 0 Å². The van der Waals surface area contributed by atoms with Crippen LogP contribution in [0.3, 0.4) is 0 Å². The van der Waals surface area contributed by atoms with Crippen LogP contribution < -0.4 is 0 Å². The predicted octanol–water partition coefficient (Wildman–Crippen LogP) is 5.22. The van der Waals surface area contributed by atoms with Crippen LogP contribution in [-0.2, 0) is 11.2 Å². The van der Waals surface area contributed by atoms with Gasteiger partial charge in [0.1, 0.15) is 12.4 Å². The second-order valence-electron chi connectivity index (χ2n) is 6.11. The molecule has 0 atom stereocenters. The molecule has 0 aliphatic heterocycles.